The van der Waals surface area contributed by atoms with E-state index in [0.717, 1.165) is 12.1 Å². The van der Waals surface area contributed by atoms with Crippen LogP contribution in [0.25, 0.3) is 22.3 Å². The fourth-order valence-electron chi connectivity index (χ4n) is 4.99. The topological polar surface area (TPSA) is 258 Å². The second-order valence-corrected chi connectivity index (χ2v) is 10.5. The average Bonchev–Trinajstić information content (AvgIpc) is 2.98. The van der Waals surface area contributed by atoms with Crippen molar-refractivity contribution in [2.24, 2.45) is 0 Å². The molecule has 0 unspecified atom stereocenters. The first kappa shape index (κ1) is 31.7. The first-order valence-electron chi connectivity index (χ1n) is 13.4. The monoisotopic (exact) mass is 624 g/mol. The van der Waals surface area contributed by atoms with Crippen LogP contribution in [0.4, 0.5) is 0 Å². The predicted octanol–water partition coefficient (Wildman–Crippen LogP) is -1.38. The van der Waals surface area contributed by atoms with Crippen LogP contribution in [0.3, 0.4) is 0 Å². The molecule has 16 nitrogen and oxygen atoms in total. The highest BCUT2D eigenvalue weighted by atomic mass is 16.7. The summed E-state index contributed by atoms with van der Waals surface area (Å²) in [6, 6.07) is 5.83. The van der Waals surface area contributed by atoms with Gasteiger partial charge in [0.1, 0.15) is 65.2 Å². The lowest BCUT2D eigenvalue weighted by Crippen LogP contribution is -2.61. The van der Waals surface area contributed by atoms with Crippen LogP contribution in [0.1, 0.15) is 6.92 Å². The fraction of sp³-hybridized carbons (Fsp3) is 0.464. The number of hydrogen-bond donors (Lipinski definition) is 9. The summed E-state index contributed by atoms with van der Waals surface area (Å²) in [5.74, 6) is -2.28. The third-order valence-corrected chi connectivity index (χ3v) is 7.50. The molecule has 0 spiro atoms. The standard InChI is InChI=1S/C28H32O16/c1-9-18(32)21(35)23(37)27(41-9)40-8-16-19(33)22(36)24(38)28(43-16)44-26-20(34)17-13(31)6-11(29)7-15(17)42-25(26)10-3-4-12(30)14(5-10)39-2/h3-7,9,16,18-19,21-24,27-33,35-38H,8H2,1-2H3/t9-,16-,18+,19-,21-,22-,23-,24+,27-,28+/m1/s1. The molecule has 10 atom stereocenters. The van der Waals surface area contributed by atoms with E-state index in [1.807, 2.05) is 0 Å². The van der Waals surface area contributed by atoms with Crippen LogP contribution in [0, 0.1) is 0 Å². The molecule has 9 N–H and O–H groups in total. The summed E-state index contributed by atoms with van der Waals surface area (Å²) in [5.41, 5.74) is -1.11. The maximum Gasteiger partial charge on any atom is 0.239 e. The largest absolute Gasteiger partial charge is 0.508 e. The van der Waals surface area contributed by atoms with Gasteiger partial charge in [-0.15, -0.1) is 0 Å². The molecule has 1 aromatic heterocycles. The van der Waals surface area contributed by atoms with Crippen molar-refractivity contribution in [1.82, 2.24) is 0 Å². The minimum Gasteiger partial charge on any atom is -0.508 e. The van der Waals surface area contributed by atoms with Crippen molar-refractivity contribution >= 4 is 11.0 Å². The van der Waals surface area contributed by atoms with Crippen molar-refractivity contribution in [3.05, 3.63) is 40.6 Å². The van der Waals surface area contributed by atoms with Crippen LogP contribution in [-0.2, 0) is 14.2 Å². The molecule has 0 bridgehead atoms. The summed E-state index contributed by atoms with van der Waals surface area (Å²) in [6.07, 6.45) is -16.0. The second kappa shape index (κ2) is 12.4. The molecule has 2 saturated heterocycles. The zero-order chi connectivity index (χ0) is 32.0. The number of phenolic OH excluding ortho intramolecular Hbond substituents is 3. The molecular weight excluding hydrogens is 592 g/mol. The maximum atomic E-state index is 13.7. The smallest absolute Gasteiger partial charge is 0.239 e. The summed E-state index contributed by atoms with van der Waals surface area (Å²) in [4.78, 5) is 13.7. The van der Waals surface area contributed by atoms with E-state index in [2.05, 4.69) is 0 Å². The van der Waals surface area contributed by atoms with Crippen LogP contribution in [0.5, 0.6) is 28.7 Å². The quantitative estimate of drug-likeness (QED) is 0.147. The number of methoxy groups -OCH3 is 1. The molecule has 16 heteroatoms. The highest BCUT2D eigenvalue weighted by Crippen LogP contribution is 2.39. The van der Waals surface area contributed by atoms with Gasteiger partial charge in [0.2, 0.25) is 17.5 Å². The van der Waals surface area contributed by atoms with Gasteiger partial charge in [0, 0.05) is 17.7 Å². The number of aliphatic hydroxyl groups excluding tert-OH is 6. The molecule has 2 aromatic carbocycles. The van der Waals surface area contributed by atoms with Crippen molar-refractivity contribution in [3.63, 3.8) is 0 Å². The molecule has 2 aliphatic rings. The molecule has 5 rings (SSSR count). The lowest BCUT2D eigenvalue weighted by atomic mass is 9.98. The Kier molecular flexibility index (Phi) is 8.90. The highest BCUT2D eigenvalue weighted by molar-refractivity contribution is 5.88. The molecule has 2 aliphatic heterocycles. The summed E-state index contributed by atoms with van der Waals surface area (Å²) < 4.78 is 33.2. The van der Waals surface area contributed by atoms with Crippen molar-refractivity contribution < 1.29 is 74.1 Å². The van der Waals surface area contributed by atoms with Crippen LogP contribution >= 0.6 is 0 Å². The summed E-state index contributed by atoms with van der Waals surface area (Å²) in [5, 5.41) is 92.1. The molecule has 0 aliphatic carbocycles. The number of rotatable bonds is 7. The number of aliphatic hydroxyl groups is 6. The molecule has 2 fully saturated rings. The minimum absolute atomic E-state index is 0.0151. The van der Waals surface area contributed by atoms with E-state index in [-0.39, 0.29) is 28.4 Å². The number of ether oxygens (including phenoxy) is 5. The Labute approximate surface area is 248 Å². The third kappa shape index (κ3) is 5.74. The van der Waals surface area contributed by atoms with E-state index >= 15 is 0 Å². The van der Waals surface area contributed by atoms with Gasteiger partial charge in [-0.2, -0.15) is 0 Å². The Morgan fingerprint density at radius 1 is 0.795 bits per heavy atom. The van der Waals surface area contributed by atoms with Gasteiger partial charge in [0.05, 0.1) is 19.8 Å². The van der Waals surface area contributed by atoms with Crippen LogP contribution in [-0.4, -0.2) is 121 Å². The minimum atomic E-state index is -1.94. The summed E-state index contributed by atoms with van der Waals surface area (Å²) in [6.45, 7) is 0.845. The van der Waals surface area contributed by atoms with Crippen LogP contribution in [0.15, 0.2) is 39.5 Å². The van der Waals surface area contributed by atoms with Crippen molar-refractivity contribution in [2.75, 3.05) is 13.7 Å². The zero-order valence-corrected chi connectivity index (χ0v) is 23.3. The van der Waals surface area contributed by atoms with E-state index in [1.54, 1.807) is 0 Å². The molecule has 0 amide bonds. The third-order valence-electron chi connectivity index (χ3n) is 7.50. The number of phenols is 3. The maximum absolute atomic E-state index is 13.7. The van der Waals surface area contributed by atoms with Gasteiger partial charge in [-0.3, -0.25) is 4.79 Å². The average molecular weight is 625 g/mol. The van der Waals surface area contributed by atoms with Gasteiger partial charge in [0.25, 0.3) is 0 Å². The van der Waals surface area contributed by atoms with Gasteiger partial charge >= 0.3 is 0 Å². The van der Waals surface area contributed by atoms with Gasteiger partial charge in [0.15, 0.2) is 23.5 Å². The van der Waals surface area contributed by atoms with E-state index in [0.29, 0.717) is 0 Å². The van der Waals surface area contributed by atoms with E-state index in [4.69, 9.17) is 28.1 Å². The number of fused-ring (bicyclic) bond motifs is 1. The zero-order valence-electron chi connectivity index (χ0n) is 23.3. The molecule has 44 heavy (non-hydrogen) atoms. The Morgan fingerprint density at radius 2 is 1.48 bits per heavy atom. The van der Waals surface area contributed by atoms with Gasteiger partial charge in [-0.05, 0) is 25.1 Å². The van der Waals surface area contributed by atoms with Crippen LogP contribution < -0.4 is 14.9 Å². The van der Waals surface area contributed by atoms with E-state index < -0.39 is 96.1 Å². The van der Waals surface area contributed by atoms with Gasteiger partial charge in [-0.1, -0.05) is 0 Å². The first-order chi connectivity index (χ1) is 20.8. The molecule has 240 valence electrons. The Hall–Kier alpha value is -3.71. The van der Waals surface area contributed by atoms with Crippen LogP contribution in [0.2, 0.25) is 0 Å². The molecule has 0 saturated carbocycles. The fourth-order valence-corrected chi connectivity index (χ4v) is 4.99. The Morgan fingerprint density at radius 3 is 2.18 bits per heavy atom. The van der Waals surface area contributed by atoms with Crippen molar-refractivity contribution in [2.45, 2.75) is 68.3 Å². The van der Waals surface area contributed by atoms with Crippen molar-refractivity contribution in [1.29, 1.82) is 0 Å². The SMILES string of the molecule is COc1cc(-c2oc3cc(O)cc(O)c3c(=O)c2O[C@@H]2O[C@H](CO[C@@H]3O[C@H](C)[C@H](O)[C@@H](O)[C@H]3O)[C@@H](O)[C@@H](O)[C@@H]2O)ccc1O. The lowest BCUT2D eigenvalue weighted by molar-refractivity contribution is -0.318. The Balaban J connectivity index is 1.49. The first-order valence-corrected chi connectivity index (χ1v) is 13.4. The summed E-state index contributed by atoms with van der Waals surface area (Å²) in [7, 11) is 1.28. The van der Waals surface area contributed by atoms with E-state index in [1.165, 1.54) is 32.2 Å². The molecule has 3 aromatic rings. The molecule has 0 radical (unpaired) electrons. The highest BCUT2D eigenvalue weighted by Gasteiger charge is 2.47. The predicted molar refractivity (Wildman–Crippen MR) is 145 cm³/mol. The van der Waals surface area contributed by atoms with E-state index in [9.17, 15) is 50.8 Å². The van der Waals surface area contributed by atoms with Gasteiger partial charge in [-0.25, -0.2) is 0 Å². The second-order valence-electron chi connectivity index (χ2n) is 10.5. The number of hydrogen-bond acceptors (Lipinski definition) is 16. The number of benzene rings is 2. The normalized spacial score (nSPS) is 32.5. The van der Waals surface area contributed by atoms with Gasteiger partial charge < -0.3 is 74.1 Å². The van der Waals surface area contributed by atoms with Crippen molar-refractivity contribution in [3.8, 4) is 40.1 Å². The summed E-state index contributed by atoms with van der Waals surface area (Å²) >= 11 is 0. The Bertz CT molecular complexity index is 1560. The molecular formula is C28H32O16. The molecule has 3 heterocycles. The number of aromatic hydroxyl groups is 3. The lowest BCUT2D eigenvalue weighted by Gasteiger charge is -2.42.